The highest BCUT2D eigenvalue weighted by Crippen LogP contribution is 2.33. The van der Waals surface area contributed by atoms with E-state index >= 15 is 0 Å². The Kier molecular flexibility index (Phi) is 6.35. The first kappa shape index (κ1) is 22.0. The summed E-state index contributed by atoms with van der Waals surface area (Å²) in [7, 11) is -3.72. The molecule has 0 aliphatic rings. The van der Waals surface area contributed by atoms with Crippen molar-refractivity contribution in [2.24, 2.45) is 0 Å². The molecule has 156 valence electrons. The van der Waals surface area contributed by atoms with Gasteiger partial charge in [0.1, 0.15) is 5.69 Å². The number of aryl methyl sites for hydroxylation is 1. The van der Waals surface area contributed by atoms with E-state index in [2.05, 4.69) is 17.1 Å². The molecule has 0 aliphatic carbocycles. The van der Waals surface area contributed by atoms with Crippen molar-refractivity contribution < 1.29 is 13.2 Å². The molecular weight excluding hydrogens is 434 g/mol. The molecule has 3 aromatic rings. The van der Waals surface area contributed by atoms with E-state index in [1.165, 1.54) is 11.3 Å². The Hall–Kier alpha value is -3.73. The molecule has 0 unspecified atom stereocenters. The van der Waals surface area contributed by atoms with E-state index in [4.69, 9.17) is 10.5 Å². The van der Waals surface area contributed by atoms with Crippen LogP contribution in [0.25, 0.3) is 0 Å². The number of nitrogens with zero attached hydrogens (tertiary/aromatic N) is 4. The van der Waals surface area contributed by atoms with Crippen LogP contribution in [0.4, 0.5) is 10.8 Å². The van der Waals surface area contributed by atoms with E-state index in [1.54, 1.807) is 43.3 Å². The second kappa shape index (κ2) is 8.96. The summed E-state index contributed by atoms with van der Waals surface area (Å²) >= 11 is 1.25. The van der Waals surface area contributed by atoms with E-state index < -0.39 is 15.9 Å². The van der Waals surface area contributed by atoms with Crippen molar-refractivity contribution in [2.45, 2.75) is 13.5 Å². The minimum absolute atomic E-state index is 0.0314. The zero-order chi connectivity index (χ0) is 22.6. The number of benzene rings is 2. The lowest BCUT2D eigenvalue weighted by atomic mass is 10.1. The second-order valence-electron chi connectivity index (χ2n) is 6.66. The molecule has 31 heavy (non-hydrogen) atoms. The van der Waals surface area contributed by atoms with Crippen LogP contribution in [0.3, 0.4) is 0 Å². The highest BCUT2D eigenvalue weighted by atomic mass is 32.2. The highest BCUT2D eigenvalue weighted by Gasteiger charge is 2.22. The van der Waals surface area contributed by atoms with Crippen LogP contribution < -0.4 is 9.62 Å². The van der Waals surface area contributed by atoms with Crippen molar-refractivity contribution in [3.05, 3.63) is 75.8 Å². The lowest BCUT2D eigenvalue weighted by molar-refractivity contribution is 0.0977. The predicted molar refractivity (Wildman–Crippen MR) is 117 cm³/mol. The number of aromatic nitrogens is 1. The number of rotatable bonds is 6. The van der Waals surface area contributed by atoms with Crippen LogP contribution >= 0.6 is 11.3 Å². The fourth-order valence-corrected chi connectivity index (χ4v) is 4.14. The Morgan fingerprint density at radius 1 is 1.06 bits per heavy atom. The fourth-order valence-electron chi connectivity index (χ4n) is 2.78. The van der Waals surface area contributed by atoms with Gasteiger partial charge in [0.2, 0.25) is 10.0 Å². The van der Waals surface area contributed by atoms with Crippen molar-refractivity contribution in [1.82, 2.24) is 9.71 Å². The SMILES string of the molecule is Cc1sc(N(Cc2ccc(C#N)cc2)c2ccc(C#N)cc2)nc1C(=O)NS(C)(=O)=O. The van der Waals surface area contributed by atoms with Gasteiger partial charge in [-0.15, -0.1) is 11.3 Å². The molecule has 0 atom stereocenters. The van der Waals surface area contributed by atoms with Gasteiger partial charge in [-0.3, -0.25) is 4.79 Å². The van der Waals surface area contributed by atoms with Crippen molar-refractivity contribution >= 4 is 38.1 Å². The van der Waals surface area contributed by atoms with E-state index in [9.17, 15) is 13.2 Å². The lowest BCUT2D eigenvalue weighted by Gasteiger charge is -2.22. The number of hydrogen-bond donors (Lipinski definition) is 1. The van der Waals surface area contributed by atoms with Gasteiger partial charge in [0, 0.05) is 10.6 Å². The summed E-state index contributed by atoms with van der Waals surface area (Å²) < 4.78 is 24.8. The minimum atomic E-state index is -3.72. The van der Waals surface area contributed by atoms with Gasteiger partial charge in [0.05, 0.1) is 36.1 Å². The summed E-state index contributed by atoms with van der Waals surface area (Å²) in [4.78, 5) is 19.2. The van der Waals surface area contributed by atoms with E-state index in [0.29, 0.717) is 27.7 Å². The second-order valence-corrected chi connectivity index (χ2v) is 9.59. The fraction of sp³-hybridized carbons (Fsp3) is 0.143. The summed E-state index contributed by atoms with van der Waals surface area (Å²) in [6.07, 6.45) is 0.904. The Balaban J connectivity index is 2.01. The molecule has 3 rings (SSSR count). The van der Waals surface area contributed by atoms with E-state index in [0.717, 1.165) is 17.5 Å². The topological polar surface area (TPSA) is 127 Å². The number of anilines is 2. The molecule has 8 nitrogen and oxygen atoms in total. The zero-order valence-electron chi connectivity index (χ0n) is 16.7. The molecule has 0 spiro atoms. The van der Waals surface area contributed by atoms with Crippen molar-refractivity contribution in [3.8, 4) is 12.1 Å². The minimum Gasteiger partial charge on any atom is -0.313 e. The van der Waals surface area contributed by atoms with Crippen molar-refractivity contribution in [3.63, 3.8) is 0 Å². The van der Waals surface area contributed by atoms with Gasteiger partial charge in [0.25, 0.3) is 5.91 Å². The van der Waals surface area contributed by atoms with Crippen LogP contribution in [0.5, 0.6) is 0 Å². The molecule has 0 fully saturated rings. The first-order valence-corrected chi connectivity index (χ1v) is 11.7. The number of carbonyl (C=O) groups excluding carboxylic acids is 1. The van der Waals surface area contributed by atoms with Crippen molar-refractivity contribution in [2.75, 3.05) is 11.2 Å². The third kappa shape index (κ3) is 5.45. The van der Waals surface area contributed by atoms with Crippen LogP contribution in [0, 0.1) is 29.6 Å². The number of amides is 1. The molecule has 1 heterocycles. The summed E-state index contributed by atoms with van der Waals surface area (Å²) in [5, 5.41) is 18.6. The average Bonchev–Trinajstić information content (AvgIpc) is 3.13. The molecule has 1 aromatic heterocycles. The summed E-state index contributed by atoms with van der Waals surface area (Å²) in [6, 6.07) is 18.1. The predicted octanol–water partition coefficient (Wildman–Crippen LogP) is 3.22. The lowest BCUT2D eigenvalue weighted by Crippen LogP contribution is -2.30. The van der Waals surface area contributed by atoms with Crippen LogP contribution in [0.15, 0.2) is 48.5 Å². The number of nitriles is 2. The number of nitrogens with one attached hydrogen (secondary N) is 1. The largest absolute Gasteiger partial charge is 0.313 e. The quantitative estimate of drug-likeness (QED) is 0.609. The van der Waals surface area contributed by atoms with Crippen LogP contribution in [-0.2, 0) is 16.6 Å². The Labute approximate surface area is 184 Å². The first-order valence-electron chi connectivity index (χ1n) is 8.96. The summed E-state index contributed by atoms with van der Waals surface area (Å²) in [6.45, 7) is 2.08. The van der Waals surface area contributed by atoms with Gasteiger partial charge in [-0.1, -0.05) is 12.1 Å². The first-order chi connectivity index (χ1) is 14.7. The van der Waals surface area contributed by atoms with Crippen LogP contribution in [-0.4, -0.2) is 25.6 Å². The molecule has 10 heteroatoms. The molecular formula is C21H17N5O3S2. The van der Waals surface area contributed by atoms with Gasteiger partial charge in [-0.2, -0.15) is 10.5 Å². The molecule has 1 amide bonds. The third-order valence-corrected chi connectivity index (χ3v) is 5.79. The summed E-state index contributed by atoms with van der Waals surface area (Å²) in [5.74, 6) is -0.791. The molecule has 1 N–H and O–H groups in total. The van der Waals surface area contributed by atoms with Gasteiger partial charge in [-0.05, 0) is 48.9 Å². The van der Waals surface area contributed by atoms with Gasteiger partial charge in [-0.25, -0.2) is 18.1 Å². The standard InChI is InChI=1S/C21H17N5O3S2/c1-14-19(20(27)25-31(2,28)29)24-21(30-14)26(18-9-7-16(12-23)8-10-18)13-17-5-3-15(11-22)4-6-17/h3-10H,13H2,1-2H3,(H,25,27). The van der Waals surface area contributed by atoms with Crippen molar-refractivity contribution in [1.29, 1.82) is 10.5 Å². The zero-order valence-corrected chi connectivity index (χ0v) is 18.3. The van der Waals surface area contributed by atoms with Crippen LogP contribution in [0.2, 0.25) is 0 Å². The smallest absolute Gasteiger partial charge is 0.284 e. The van der Waals surface area contributed by atoms with Gasteiger partial charge in [0.15, 0.2) is 5.13 Å². The maximum absolute atomic E-state index is 12.3. The number of thiazole rings is 1. The normalized spacial score (nSPS) is 10.7. The van der Waals surface area contributed by atoms with E-state index in [1.807, 2.05) is 21.8 Å². The number of sulfonamides is 1. The molecule has 0 saturated heterocycles. The Morgan fingerprint density at radius 2 is 1.61 bits per heavy atom. The highest BCUT2D eigenvalue weighted by molar-refractivity contribution is 7.89. The van der Waals surface area contributed by atoms with Gasteiger partial charge < -0.3 is 4.90 Å². The molecule has 0 radical (unpaired) electrons. The number of carbonyl (C=O) groups is 1. The molecule has 0 saturated carbocycles. The molecule has 0 aliphatic heterocycles. The Bertz CT molecular complexity index is 1300. The maximum atomic E-state index is 12.3. The van der Waals surface area contributed by atoms with E-state index in [-0.39, 0.29) is 5.69 Å². The maximum Gasteiger partial charge on any atom is 0.284 e. The summed E-state index contributed by atoms with van der Waals surface area (Å²) in [5.41, 5.74) is 2.72. The molecule has 0 bridgehead atoms. The molecule has 2 aromatic carbocycles. The van der Waals surface area contributed by atoms with Gasteiger partial charge >= 0.3 is 0 Å². The monoisotopic (exact) mass is 451 g/mol. The average molecular weight is 452 g/mol. The van der Waals surface area contributed by atoms with Crippen LogP contribution in [0.1, 0.15) is 32.1 Å². The number of hydrogen-bond acceptors (Lipinski definition) is 8. The Morgan fingerprint density at radius 3 is 2.13 bits per heavy atom. The third-order valence-electron chi connectivity index (χ3n) is 4.24.